The summed E-state index contributed by atoms with van der Waals surface area (Å²) in [6.07, 6.45) is 1.90. The lowest BCUT2D eigenvalue weighted by Gasteiger charge is -2.00. The van der Waals surface area contributed by atoms with Crippen molar-refractivity contribution in [3.05, 3.63) is 62.5 Å². The average Bonchev–Trinajstić information content (AvgIpc) is 2.65. The summed E-state index contributed by atoms with van der Waals surface area (Å²) in [6, 6.07) is 13.7. The molecule has 0 radical (unpaired) electrons. The van der Waals surface area contributed by atoms with Gasteiger partial charge in [0.25, 0.3) is 5.91 Å². The topological polar surface area (TPSA) is 29.1 Å². The Labute approximate surface area is 127 Å². The van der Waals surface area contributed by atoms with Crippen LogP contribution in [0.5, 0.6) is 0 Å². The first-order valence-corrected chi connectivity index (χ1v) is 7.30. The molecule has 2 aromatic rings. The highest BCUT2D eigenvalue weighted by Gasteiger charge is 2.23. The largest absolute Gasteiger partial charge is 0.321 e. The maximum absolute atomic E-state index is 12.0. The van der Waals surface area contributed by atoms with Gasteiger partial charge >= 0.3 is 0 Å². The number of rotatable bonds is 1. The van der Waals surface area contributed by atoms with Crippen LogP contribution >= 0.6 is 31.9 Å². The highest BCUT2D eigenvalue weighted by molar-refractivity contribution is 9.10. The van der Waals surface area contributed by atoms with Gasteiger partial charge in [-0.15, -0.1) is 0 Å². The lowest BCUT2D eigenvalue weighted by atomic mass is 10.0. The molecule has 1 N–H and O–H groups in total. The van der Waals surface area contributed by atoms with E-state index >= 15 is 0 Å². The first kappa shape index (κ1) is 12.6. The van der Waals surface area contributed by atoms with Gasteiger partial charge in [-0.2, -0.15) is 0 Å². The van der Waals surface area contributed by atoms with Crippen LogP contribution in [0.1, 0.15) is 11.1 Å². The minimum Gasteiger partial charge on any atom is -0.321 e. The second-order valence-corrected chi connectivity index (χ2v) is 6.09. The zero-order chi connectivity index (χ0) is 13.4. The van der Waals surface area contributed by atoms with Gasteiger partial charge in [0.05, 0.1) is 5.69 Å². The highest BCUT2D eigenvalue weighted by atomic mass is 79.9. The van der Waals surface area contributed by atoms with Crippen molar-refractivity contribution in [2.45, 2.75) is 0 Å². The molecule has 0 bridgehead atoms. The average molecular weight is 379 g/mol. The zero-order valence-electron chi connectivity index (χ0n) is 9.78. The molecule has 3 rings (SSSR count). The fourth-order valence-corrected chi connectivity index (χ4v) is 2.85. The summed E-state index contributed by atoms with van der Waals surface area (Å²) in [6.45, 7) is 0. The van der Waals surface area contributed by atoms with Crippen molar-refractivity contribution in [2.75, 3.05) is 5.32 Å². The fraction of sp³-hybridized carbons (Fsp3) is 0. The lowest BCUT2D eigenvalue weighted by molar-refractivity contribution is -0.110. The Hall–Kier alpha value is -1.39. The number of benzene rings is 2. The summed E-state index contributed by atoms with van der Waals surface area (Å²) in [5, 5.41) is 2.87. The Morgan fingerprint density at radius 3 is 2.58 bits per heavy atom. The molecule has 1 heterocycles. The molecule has 0 aliphatic carbocycles. The van der Waals surface area contributed by atoms with Gasteiger partial charge in [-0.1, -0.05) is 50.1 Å². The Morgan fingerprint density at radius 2 is 1.79 bits per heavy atom. The highest BCUT2D eigenvalue weighted by Crippen LogP contribution is 2.35. The van der Waals surface area contributed by atoms with E-state index in [4.69, 9.17) is 0 Å². The predicted octanol–water partition coefficient (Wildman–Crippen LogP) is 4.70. The van der Waals surface area contributed by atoms with Crippen LogP contribution in [-0.4, -0.2) is 5.91 Å². The molecule has 0 atom stereocenters. The van der Waals surface area contributed by atoms with Gasteiger partial charge in [0.1, 0.15) is 0 Å². The van der Waals surface area contributed by atoms with Crippen LogP contribution in [-0.2, 0) is 4.79 Å². The summed E-state index contributed by atoms with van der Waals surface area (Å²) >= 11 is 6.84. The normalized spacial score (nSPS) is 15.5. The number of amides is 1. The van der Waals surface area contributed by atoms with E-state index in [1.165, 1.54) is 0 Å². The predicted molar refractivity (Wildman–Crippen MR) is 84.8 cm³/mol. The maximum Gasteiger partial charge on any atom is 0.256 e. The minimum absolute atomic E-state index is 0.0620. The standard InChI is InChI=1S/C15H9Br2NO/c16-10-3-1-2-9(6-10)7-13-12-5-4-11(17)8-14(12)18-15(13)19/h1-8H,(H,18,19). The van der Waals surface area contributed by atoms with Gasteiger partial charge in [-0.3, -0.25) is 4.79 Å². The number of nitrogens with one attached hydrogen (secondary N) is 1. The number of carbonyl (C=O) groups is 1. The summed E-state index contributed by atoms with van der Waals surface area (Å²) in [5.41, 5.74) is 3.48. The second-order valence-electron chi connectivity index (χ2n) is 4.26. The molecule has 0 saturated carbocycles. The summed E-state index contributed by atoms with van der Waals surface area (Å²) in [5.74, 6) is -0.0620. The summed E-state index contributed by atoms with van der Waals surface area (Å²) in [7, 11) is 0. The van der Waals surface area contributed by atoms with Crippen LogP contribution in [0.15, 0.2) is 51.4 Å². The van der Waals surface area contributed by atoms with Gasteiger partial charge in [0, 0.05) is 20.1 Å². The van der Waals surface area contributed by atoms with Crippen molar-refractivity contribution in [2.24, 2.45) is 0 Å². The molecule has 0 fully saturated rings. The van der Waals surface area contributed by atoms with Crippen molar-refractivity contribution in [3.8, 4) is 0 Å². The second kappa shape index (κ2) is 4.94. The molecule has 19 heavy (non-hydrogen) atoms. The number of halogens is 2. The molecule has 0 aromatic heterocycles. The van der Waals surface area contributed by atoms with Gasteiger partial charge in [-0.25, -0.2) is 0 Å². The summed E-state index contributed by atoms with van der Waals surface area (Å²) < 4.78 is 1.95. The number of carbonyl (C=O) groups excluding carboxylic acids is 1. The van der Waals surface area contributed by atoms with Crippen molar-refractivity contribution in [3.63, 3.8) is 0 Å². The Balaban J connectivity index is 2.09. The number of anilines is 1. The van der Waals surface area contributed by atoms with Crippen LogP contribution in [0, 0.1) is 0 Å². The number of hydrogen-bond donors (Lipinski definition) is 1. The van der Waals surface area contributed by atoms with E-state index in [9.17, 15) is 4.79 Å². The Bertz CT molecular complexity index is 707. The fourth-order valence-electron chi connectivity index (χ4n) is 2.07. The summed E-state index contributed by atoms with van der Waals surface area (Å²) in [4.78, 5) is 12.0. The molecule has 2 aromatic carbocycles. The number of hydrogen-bond acceptors (Lipinski definition) is 1. The van der Waals surface area contributed by atoms with E-state index in [1.807, 2.05) is 48.5 Å². The lowest BCUT2D eigenvalue weighted by Crippen LogP contribution is -2.03. The van der Waals surface area contributed by atoms with E-state index < -0.39 is 0 Å². The smallest absolute Gasteiger partial charge is 0.256 e. The number of fused-ring (bicyclic) bond motifs is 1. The molecule has 0 unspecified atom stereocenters. The van der Waals surface area contributed by atoms with E-state index in [0.717, 1.165) is 25.8 Å². The molecule has 2 nitrogen and oxygen atoms in total. The molecule has 94 valence electrons. The first-order chi connectivity index (χ1) is 9.13. The van der Waals surface area contributed by atoms with E-state index in [-0.39, 0.29) is 5.91 Å². The van der Waals surface area contributed by atoms with Crippen LogP contribution in [0.25, 0.3) is 11.6 Å². The maximum atomic E-state index is 12.0. The first-order valence-electron chi connectivity index (χ1n) is 5.72. The third-order valence-electron chi connectivity index (χ3n) is 2.92. The molecular formula is C15H9Br2NO. The van der Waals surface area contributed by atoms with Crippen LogP contribution < -0.4 is 5.32 Å². The zero-order valence-corrected chi connectivity index (χ0v) is 13.0. The van der Waals surface area contributed by atoms with Crippen LogP contribution in [0.2, 0.25) is 0 Å². The molecule has 4 heteroatoms. The SMILES string of the molecule is O=C1Nc2cc(Br)ccc2C1=Cc1cccc(Br)c1. The molecule has 0 saturated heterocycles. The van der Waals surface area contributed by atoms with E-state index in [2.05, 4.69) is 37.2 Å². The molecule has 0 spiro atoms. The van der Waals surface area contributed by atoms with Gasteiger partial charge in [0.2, 0.25) is 0 Å². The Morgan fingerprint density at radius 1 is 1.00 bits per heavy atom. The van der Waals surface area contributed by atoms with Crippen molar-refractivity contribution in [1.82, 2.24) is 0 Å². The third-order valence-corrected chi connectivity index (χ3v) is 3.91. The van der Waals surface area contributed by atoms with Crippen molar-refractivity contribution < 1.29 is 4.79 Å². The molecule has 1 aliphatic heterocycles. The quantitative estimate of drug-likeness (QED) is 0.715. The molecule has 1 amide bonds. The van der Waals surface area contributed by atoms with Gasteiger partial charge < -0.3 is 5.32 Å². The van der Waals surface area contributed by atoms with Crippen molar-refractivity contribution in [1.29, 1.82) is 0 Å². The third kappa shape index (κ3) is 2.51. The minimum atomic E-state index is -0.0620. The van der Waals surface area contributed by atoms with Gasteiger partial charge in [0.15, 0.2) is 0 Å². The van der Waals surface area contributed by atoms with Crippen LogP contribution in [0.3, 0.4) is 0 Å². The van der Waals surface area contributed by atoms with E-state index in [1.54, 1.807) is 0 Å². The molecular weight excluding hydrogens is 370 g/mol. The Kier molecular flexibility index (Phi) is 3.29. The van der Waals surface area contributed by atoms with Gasteiger partial charge in [-0.05, 0) is 35.9 Å². The van der Waals surface area contributed by atoms with Crippen LogP contribution in [0.4, 0.5) is 5.69 Å². The monoisotopic (exact) mass is 377 g/mol. The van der Waals surface area contributed by atoms with E-state index in [0.29, 0.717) is 5.57 Å². The van der Waals surface area contributed by atoms with Crippen molar-refractivity contribution >= 4 is 55.1 Å². The molecule has 1 aliphatic rings.